The fraction of sp³-hybridized carbons (Fsp3) is 0.706. The molecule has 1 aliphatic rings. The first-order chi connectivity index (χ1) is 9.20. The highest BCUT2D eigenvalue weighted by molar-refractivity contribution is 5.20. The molecule has 106 valence electrons. The minimum atomic E-state index is 0.522. The average molecular weight is 260 g/mol. The van der Waals surface area contributed by atoms with Crippen molar-refractivity contribution >= 4 is 0 Å². The highest BCUT2D eigenvalue weighted by Gasteiger charge is 2.26. The summed E-state index contributed by atoms with van der Waals surface area (Å²) in [5.74, 6) is 1.71. The van der Waals surface area contributed by atoms with Crippen LogP contribution in [0.5, 0.6) is 0 Å². The van der Waals surface area contributed by atoms with Crippen molar-refractivity contribution in [1.29, 1.82) is 0 Å². The Morgan fingerprint density at radius 2 is 2.05 bits per heavy atom. The van der Waals surface area contributed by atoms with Crippen LogP contribution in [0.4, 0.5) is 0 Å². The van der Waals surface area contributed by atoms with Gasteiger partial charge in [0.05, 0.1) is 0 Å². The van der Waals surface area contributed by atoms with Gasteiger partial charge in [0.15, 0.2) is 0 Å². The molecule has 0 spiro atoms. The van der Waals surface area contributed by atoms with E-state index in [1.54, 1.807) is 0 Å². The Morgan fingerprint density at radius 1 is 1.32 bits per heavy atom. The maximum absolute atomic E-state index is 4.33. The predicted octanol–water partition coefficient (Wildman–Crippen LogP) is 4.26. The van der Waals surface area contributed by atoms with Crippen LogP contribution >= 0.6 is 0 Å². The lowest BCUT2D eigenvalue weighted by Crippen LogP contribution is -2.31. The second kappa shape index (κ2) is 7.04. The van der Waals surface area contributed by atoms with Crippen LogP contribution in [0.25, 0.3) is 0 Å². The maximum atomic E-state index is 4.33. The van der Waals surface area contributed by atoms with Gasteiger partial charge in [0.25, 0.3) is 0 Å². The van der Waals surface area contributed by atoms with E-state index in [9.17, 15) is 0 Å². The maximum Gasteiger partial charge on any atom is 0.0375 e. The molecule has 1 saturated carbocycles. The van der Waals surface area contributed by atoms with Crippen molar-refractivity contribution in [3.8, 4) is 0 Å². The van der Waals surface area contributed by atoms with Gasteiger partial charge in [-0.05, 0) is 62.3 Å². The molecule has 1 atom stereocenters. The molecule has 1 aliphatic carbocycles. The zero-order chi connectivity index (χ0) is 13.7. The quantitative estimate of drug-likeness (QED) is 0.855. The van der Waals surface area contributed by atoms with Crippen LogP contribution in [0.15, 0.2) is 18.3 Å². The largest absolute Gasteiger partial charge is 0.310 e. The molecular weight excluding hydrogens is 232 g/mol. The van der Waals surface area contributed by atoms with E-state index >= 15 is 0 Å². The summed E-state index contributed by atoms with van der Waals surface area (Å²) < 4.78 is 0. The lowest BCUT2D eigenvalue weighted by molar-refractivity contribution is 0.231. The van der Waals surface area contributed by atoms with Crippen molar-refractivity contribution in [1.82, 2.24) is 10.3 Å². The summed E-state index contributed by atoms with van der Waals surface area (Å²) in [6, 6.07) is 4.97. The van der Waals surface area contributed by atoms with Crippen molar-refractivity contribution in [2.75, 3.05) is 6.54 Å². The molecule has 1 fully saturated rings. The monoisotopic (exact) mass is 260 g/mol. The van der Waals surface area contributed by atoms with Crippen molar-refractivity contribution in [2.45, 2.75) is 58.9 Å². The van der Waals surface area contributed by atoms with E-state index in [0.717, 1.165) is 24.1 Å². The van der Waals surface area contributed by atoms with E-state index in [4.69, 9.17) is 0 Å². The topological polar surface area (TPSA) is 24.9 Å². The molecule has 1 N–H and O–H groups in total. The number of hydrogen-bond acceptors (Lipinski definition) is 2. The number of nitrogens with zero attached hydrogens (tertiary/aromatic N) is 1. The zero-order valence-corrected chi connectivity index (χ0v) is 12.7. The van der Waals surface area contributed by atoms with Crippen LogP contribution in [0.2, 0.25) is 0 Å². The fourth-order valence-electron chi connectivity index (χ4n) is 3.24. The Labute approximate surface area is 118 Å². The van der Waals surface area contributed by atoms with Crippen LogP contribution in [-0.4, -0.2) is 11.5 Å². The molecule has 1 aromatic heterocycles. The Kier molecular flexibility index (Phi) is 5.38. The van der Waals surface area contributed by atoms with Crippen molar-refractivity contribution in [2.24, 2.45) is 11.8 Å². The molecule has 1 heterocycles. The van der Waals surface area contributed by atoms with Crippen molar-refractivity contribution in [3.05, 3.63) is 29.6 Å². The van der Waals surface area contributed by atoms with E-state index in [0.29, 0.717) is 6.04 Å². The molecule has 2 nitrogen and oxygen atoms in total. The molecule has 2 rings (SSSR count). The first-order valence-corrected chi connectivity index (χ1v) is 7.86. The fourth-order valence-corrected chi connectivity index (χ4v) is 3.24. The molecular formula is C17H28N2. The summed E-state index contributed by atoms with van der Waals surface area (Å²) in [5, 5.41) is 3.77. The summed E-state index contributed by atoms with van der Waals surface area (Å²) in [7, 11) is 0. The summed E-state index contributed by atoms with van der Waals surface area (Å²) >= 11 is 0. The summed E-state index contributed by atoms with van der Waals surface area (Å²) in [6.45, 7) is 7.83. The second-order valence-electron chi connectivity index (χ2n) is 6.18. The van der Waals surface area contributed by atoms with Crippen LogP contribution in [0.1, 0.15) is 63.3 Å². The van der Waals surface area contributed by atoms with Crippen LogP contribution in [0.3, 0.4) is 0 Å². The number of hydrogen-bond donors (Lipinski definition) is 1. The highest BCUT2D eigenvalue weighted by atomic mass is 14.9. The molecule has 0 aromatic carbocycles. The Bertz CT molecular complexity index is 381. The minimum absolute atomic E-state index is 0.522. The van der Waals surface area contributed by atoms with Crippen molar-refractivity contribution < 1.29 is 0 Å². The zero-order valence-electron chi connectivity index (χ0n) is 12.7. The van der Waals surface area contributed by atoms with Gasteiger partial charge >= 0.3 is 0 Å². The van der Waals surface area contributed by atoms with Crippen LogP contribution in [-0.2, 0) is 0 Å². The van der Waals surface area contributed by atoms with Gasteiger partial charge < -0.3 is 5.32 Å². The third-order valence-electron chi connectivity index (χ3n) is 4.43. The van der Waals surface area contributed by atoms with E-state index in [2.05, 4.69) is 43.2 Å². The van der Waals surface area contributed by atoms with Crippen molar-refractivity contribution in [3.63, 3.8) is 0 Å². The third-order valence-corrected chi connectivity index (χ3v) is 4.43. The molecule has 0 radical (unpaired) electrons. The number of nitrogens with one attached hydrogen (secondary N) is 1. The van der Waals surface area contributed by atoms with Gasteiger partial charge in [0.1, 0.15) is 0 Å². The third kappa shape index (κ3) is 4.04. The Balaban J connectivity index is 2.11. The van der Waals surface area contributed by atoms with E-state index in [1.807, 2.05) is 6.20 Å². The molecule has 0 aliphatic heterocycles. The first-order valence-electron chi connectivity index (χ1n) is 7.86. The molecule has 19 heavy (non-hydrogen) atoms. The van der Waals surface area contributed by atoms with E-state index < -0.39 is 0 Å². The molecule has 1 aromatic rings. The number of pyridine rings is 1. The molecule has 2 heteroatoms. The summed E-state index contributed by atoms with van der Waals surface area (Å²) in [4.78, 5) is 4.33. The van der Waals surface area contributed by atoms with Gasteiger partial charge in [-0.1, -0.05) is 26.7 Å². The van der Waals surface area contributed by atoms with Gasteiger partial charge in [-0.15, -0.1) is 0 Å². The number of rotatable bonds is 5. The van der Waals surface area contributed by atoms with Gasteiger partial charge in [0.2, 0.25) is 0 Å². The normalized spacial score (nSPS) is 25.2. The predicted molar refractivity (Wildman–Crippen MR) is 81.1 cm³/mol. The standard InChI is InChI=1S/C17H28N2/c1-4-10-19-17(15-7-5-13(2)6-8-15)16-9-11-18-14(3)12-16/h9,11-13,15,17,19H,4-8,10H2,1-3H3. The summed E-state index contributed by atoms with van der Waals surface area (Å²) in [6.07, 6.45) is 8.66. The molecule has 0 amide bonds. The Morgan fingerprint density at radius 3 is 2.68 bits per heavy atom. The highest BCUT2D eigenvalue weighted by Crippen LogP contribution is 2.36. The molecule has 0 saturated heterocycles. The average Bonchev–Trinajstić information content (AvgIpc) is 2.41. The van der Waals surface area contributed by atoms with E-state index in [1.165, 1.54) is 37.7 Å². The van der Waals surface area contributed by atoms with Gasteiger partial charge in [0, 0.05) is 17.9 Å². The smallest absolute Gasteiger partial charge is 0.0375 e. The SMILES string of the molecule is CCCNC(c1ccnc(C)c1)C1CCC(C)CC1. The van der Waals surface area contributed by atoms with Crippen LogP contribution < -0.4 is 5.32 Å². The Hall–Kier alpha value is -0.890. The minimum Gasteiger partial charge on any atom is -0.310 e. The second-order valence-corrected chi connectivity index (χ2v) is 6.18. The molecule has 1 unspecified atom stereocenters. The number of aromatic nitrogens is 1. The first kappa shape index (κ1) is 14.5. The lowest BCUT2D eigenvalue weighted by atomic mass is 9.77. The van der Waals surface area contributed by atoms with Gasteiger partial charge in [-0.3, -0.25) is 4.98 Å². The summed E-state index contributed by atoms with van der Waals surface area (Å²) in [5.41, 5.74) is 2.56. The van der Waals surface area contributed by atoms with Gasteiger partial charge in [-0.25, -0.2) is 0 Å². The van der Waals surface area contributed by atoms with E-state index in [-0.39, 0.29) is 0 Å². The lowest BCUT2D eigenvalue weighted by Gasteiger charge is -2.33. The van der Waals surface area contributed by atoms with Gasteiger partial charge in [-0.2, -0.15) is 0 Å². The number of aryl methyl sites for hydroxylation is 1. The van der Waals surface area contributed by atoms with Crippen LogP contribution in [0, 0.1) is 18.8 Å². The molecule has 0 bridgehead atoms.